The molecule has 2 amide bonds. The molecule has 12 atom stereocenters. The van der Waals surface area contributed by atoms with Crippen LogP contribution in [0.25, 0.3) is 0 Å². The van der Waals surface area contributed by atoms with E-state index >= 15 is 0 Å². The van der Waals surface area contributed by atoms with E-state index in [1.54, 1.807) is 0 Å². The van der Waals surface area contributed by atoms with Crippen LogP contribution in [0.3, 0.4) is 0 Å². The minimum atomic E-state index is -0.328. The highest BCUT2D eigenvalue weighted by Crippen LogP contribution is 2.71. The van der Waals surface area contributed by atoms with Crippen LogP contribution in [-0.2, 0) is 19.1 Å². The summed E-state index contributed by atoms with van der Waals surface area (Å²) in [6.07, 6.45) is 15.0. The highest BCUT2D eigenvalue weighted by Gasteiger charge is 2.69. The van der Waals surface area contributed by atoms with Gasteiger partial charge in [0, 0.05) is 50.6 Å². The Morgan fingerprint density at radius 1 is 0.812 bits per heavy atom. The molecule has 8 heteroatoms. The van der Waals surface area contributed by atoms with E-state index in [0.717, 1.165) is 82.9 Å². The molecule has 0 aromatic rings. The summed E-state index contributed by atoms with van der Waals surface area (Å²) in [6, 6.07) is 0.861. The molecule has 8 fully saturated rings. The van der Waals surface area contributed by atoms with Gasteiger partial charge in [-0.15, -0.1) is 0 Å². The lowest BCUT2D eigenvalue weighted by Crippen LogP contribution is -2.56. The van der Waals surface area contributed by atoms with Crippen LogP contribution >= 0.6 is 0 Å². The maximum Gasteiger partial charge on any atom is 0.232 e. The summed E-state index contributed by atoms with van der Waals surface area (Å²) in [5.41, 5.74) is 0.727. The standard InChI is InChI=1S/C40H66N4O4/c1-26-8-15-40(47-25-26)27(2)37-34(48-40)23-33-31-7-6-28-22-29(9-13-38(28,3)32(31)10-14-39(33,37)4)41-35(45)24-36(46)44-20-18-43(19-21-44)30-11-16-42(5)17-12-30/h26-34,37H,6-25H2,1-5H3,(H,41,45)/t26-,27-,28+,29?,31+,32?,33-,34-,37-,38-,39-,40+/m0/s1. The second-order valence-corrected chi connectivity index (χ2v) is 18.8. The molecule has 0 radical (unpaired) electrons. The van der Waals surface area contributed by atoms with Gasteiger partial charge in [0.2, 0.25) is 11.8 Å². The summed E-state index contributed by atoms with van der Waals surface area (Å²) in [5.74, 6) is 4.40. The highest BCUT2D eigenvalue weighted by molar-refractivity contribution is 5.97. The minimum Gasteiger partial charge on any atom is -0.353 e. The lowest BCUT2D eigenvalue weighted by Gasteiger charge is -2.61. The number of piperidine rings is 1. The van der Waals surface area contributed by atoms with Crippen molar-refractivity contribution in [2.45, 2.75) is 135 Å². The van der Waals surface area contributed by atoms with Crippen LogP contribution in [0.2, 0.25) is 0 Å². The number of fused-ring (bicyclic) bond motifs is 7. The molecule has 8 aliphatic rings. The predicted octanol–water partition coefficient (Wildman–Crippen LogP) is 5.55. The van der Waals surface area contributed by atoms with Gasteiger partial charge in [-0.25, -0.2) is 0 Å². The average molecular weight is 667 g/mol. The fourth-order valence-corrected chi connectivity index (χ4v) is 13.6. The number of hydrogen-bond donors (Lipinski definition) is 1. The van der Waals surface area contributed by atoms with Crippen molar-refractivity contribution >= 4 is 11.8 Å². The van der Waals surface area contributed by atoms with Crippen molar-refractivity contribution < 1.29 is 19.1 Å². The first-order valence-electron chi connectivity index (χ1n) is 20.3. The average Bonchev–Trinajstić information content (AvgIpc) is 3.52. The molecule has 4 aliphatic heterocycles. The molecule has 1 spiro atoms. The van der Waals surface area contributed by atoms with E-state index in [-0.39, 0.29) is 30.1 Å². The van der Waals surface area contributed by atoms with Gasteiger partial charge in [0.05, 0.1) is 12.7 Å². The largest absolute Gasteiger partial charge is 0.353 e. The second kappa shape index (κ2) is 12.8. The van der Waals surface area contributed by atoms with Crippen molar-refractivity contribution in [3.63, 3.8) is 0 Å². The number of carbonyl (C=O) groups is 2. The molecule has 0 bridgehead atoms. The van der Waals surface area contributed by atoms with Gasteiger partial charge in [-0.3, -0.25) is 14.5 Å². The second-order valence-electron chi connectivity index (χ2n) is 18.8. The molecule has 4 heterocycles. The van der Waals surface area contributed by atoms with Crippen LogP contribution in [0.5, 0.6) is 0 Å². The number of likely N-dealkylation sites (tertiary alicyclic amines) is 1. The molecule has 8 nitrogen and oxygen atoms in total. The van der Waals surface area contributed by atoms with Crippen molar-refractivity contribution in [2.24, 2.45) is 52.3 Å². The van der Waals surface area contributed by atoms with Crippen LogP contribution in [0.15, 0.2) is 0 Å². The lowest BCUT2D eigenvalue weighted by molar-refractivity contribution is -0.273. The number of hydrogen-bond acceptors (Lipinski definition) is 6. The SMILES string of the molecule is C[C@H]1CC[C@@]2(OC1)O[C@H]1C[C@H]3[C@@H]4CC[C@@H]5CC(NC(=O)CC(=O)N6CCN(C7CCN(C)CC7)CC6)CC[C@]5(C)C4CC[C@]3(C)[C@H]1[C@@H]2C. The number of nitrogens with zero attached hydrogens (tertiary/aromatic N) is 3. The third-order valence-corrected chi connectivity index (χ3v) is 16.5. The Morgan fingerprint density at radius 3 is 2.29 bits per heavy atom. The summed E-state index contributed by atoms with van der Waals surface area (Å²) in [5, 5.41) is 3.35. The van der Waals surface area contributed by atoms with E-state index in [2.05, 4.69) is 49.9 Å². The van der Waals surface area contributed by atoms with Gasteiger partial charge in [0.1, 0.15) is 6.42 Å². The maximum absolute atomic E-state index is 13.2. The van der Waals surface area contributed by atoms with Crippen molar-refractivity contribution in [3.8, 4) is 0 Å². The third kappa shape index (κ3) is 5.69. The number of rotatable bonds is 4. The Kier molecular flexibility index (Phi) is 9.02. The number of ether oxygens (including phenoxy) is 2. The van der Waals surface area contributed by atoms with Crippen LogP contribution in [0.4, 0.5) is 0 Å². The van der Waals surface area contributed by atoms with Gasteiger partial charge in [-0.1, -0.05) is 27.7 Å². The Morgan fingerprint density at radius 2 is 1.56 bits per heavy atom. The smallest absolute Gasteiger partial charge is 0.232 e. The Balaban J connectivity index is 0.831. The molecule has 1 N–H and O–H groups in total. The Labute approximate surface area is 290 Å². The lowest BCUT2D eigenvalue weighted by atomic mass is 9.44. The zero-order valence-corrected chi connectivity index (χ0v) is 30.9. The third-order valence-electron chi connectivity index (χ3n) is 16.5. The summed E-state index contributed by atoms with van der Waals surface area (Å²) in [4.78, 5) is 33.3. The fraction of sp³-hybridized carbons (Fsp3) is 0.950. The molecular formula is C40H66N4O4. The Hall–Kier alpha value is -1.22. The summed E-state index contributed by atoms with van der Waals surface area (Å²) < 4.78 is 13.5. The molecule has 8 rings (SSSR count). The summed E-state index contributed by atoms with van der Waals surface area (Å²) in [7, 11) is 2.20. The zero-order chi connectivity index (χ0) is 33.4. The van der Waals surface area contributed by atoms with Crippen molar-refractivity contribution in [3.05, 3.63) is 0 Å². The monoisotopic (exact) mass is 667 g/mol. The van der Waals surface area contributed by atoms with Gasteiger partial charge in [0.25, 0.3) is 0 Å². The van der Waals surface area contributed by atoms with E-state index in [1.807, 2.05) is 4.90 Å². The van der Waals surface area contributed by atoms with E-state index in [4.69, 9.17) is 9.47 Å². The normalized spacial score (nSPS) is 48.4. The van der Waals surface area contributed by atoms with Crippen LogP contribution in [0.1, 0.15) is 111 Å². The molecule has 2 unspecified atom stereocenters. The summed E-state index contributed by atoms with van der Waals surface area (Å²) >= 11 is 0. The molecule has 4 aliphatic carbocycles. The van der Waals surface area contributed by atoms with Crippen LogP contribution in [0, 0.1) is 52.3 Å². The molecule has 0 aromatic carbocycles. The van der Waals surface area contributed by atoms with E-state index in [9.17, 15) is 9.59 Å². The quantitative estimate of drug-likeness (QED) is 0.397. The molecule has 48 heavy (non-hydrogen) atoms. The maximum atomic E-state index is 13.2. The molecule has 0 aromatic heterocycles. The van der Waals surface area contributed by atoms with Crippen molar-refractivity contribution in [1.29, 1.82) is 0 Å². The minimum absolute atomic E-state index is 0.00575. The molecule has 4 saturated heterocycles. The first-order valence-corrected chi connectivity index (χ1v) is 20.3. The van der Waals surface area contributed by atoms with E-state index in [1.165, 1.54) is 57.8 Å². The van der Waals surface area contributed by atoms with Crippen molar-refractivity contribution in [2.75, 3.05) is 52.9 Å². The van der Waals surface area contributed by atoms with Gasteiger partial charge >= 0.3 is 0 Å². The molecular weight excluding hydrogens is 600 g/mol. The highest BCUT2D eigenvalue weighted by atomic mass is 16.7. The van der Waals surface area contributed by atoms with Gasteiger partial charge < -0.3 is 24.6 Å². The first kappa shape index (κ1) is 33.9. The summed E-state index contributed by atoms with van der Waals surface area (Å²) in [6.45, 7) is 16.6. The van der Waals surface area contributed by atoms with E-state index < -0.39 is 0 Å². The number of amides is 2. The van der Waals surface area contributed by atoms with Gasteiger partial charge in [-0.05, 0) is 137 Å². The van der Waals surface area contributed by atoms with Crippen LogP contribution < -0.4 is 5.32 Å². The molecule has 4 saturated carbocycles. The predicted molar refractivity (Wildman–Crippen MR) is 187 cm³/mol. The van der Waals surface area contributed by atoms with Crippen LogP contribution in [-0.4, -0.2) is 103 Å². The van der Waals surface area contributed by atoms with Gasteiger partial charge in [-0.2, -0.15) is 0 Å². The fourth-order valence-electron chi connectivity index (χ4n) is 13.6. The number of carbonyl (C=O) groups excluding carboxylic acids is 2. The first-order chi connectivity index (χ1) is 23.0. The topological polar surface area (TPSA) is 74.3 Å². The molecule has 270 valence electrons. The zero-order valence-electron chi connectivity index (χ0n) is 30.9. The number of nitrogens with one attached hydrogen (secondary N) is 1. The number of piperazine rings is 1. The Bertz CT molecular complexity index is 1210. The van der Waals surface area contributed by atoms with E-state index in [0.29, 0.717) is 46.6 Å². The van der Waals surface area contributed by atoms with Crippen molar-refractivity contribution in [1.82, 2.24) is 20.0 Å². The van der Waals surface area contributed by atoms with Gasteiger partial charge in [0.15, 0.2) is 5.79 Å².